The maximum Gasteiger partial charge on any atom is 0.318 e. The maximum absolute atomic E-state index is 13.0. The molecule has 0 fully saturated rings. The van der Waals surface area contributed by atoms with Gasteiger partial charge in [-0.1, -0.05) is 0 Å². The van der Waals surface area contributed by atoms with E-state index in [4.69, 9.17) is 10.5 Å². The van der Waals surface area contributed by atoms with Crippen molar-refractivity contribution in [2.45, 2.75) is 13.0 Å². The topological polar surface area (TPSA) is 102 Å². The van der Waals surface area contributed by atoms with E-state index in [2.05, 4.69) is 0 Å². The van der Waals surface area contributed by atoms with Crippen LogP contribution in [0.1, 0.15) is 18.6 Å². The van der Waals surface area contributed by atoms with Crippen LogP contribution >= 0.6 is 0 Å². The van der Waals surface area contributed by atoms with Gasteiger partial charge in [0.05, 0.1) is 6.10 Å². The predicted molar refractivity (Wildman–Crippen MR) is 60.3 cm³/mol. The summed E-state index contributed by atoms with van der Waals surface area (Å²) in [7, 11) is 0. The number of aliphatic hydroxyl groups excluding tert-OH is 1. The number of benzene rings is 1. The molecule has 4 N–H and O–H groups in total. The lowest BCUT2D eigenvalue weighted by atomic mass is 10.1. The van der Waals surface area contributed by atoms with E-state index in [1.165, 1.54) is 13.0 Å². The Labute approximate surface area is 103 Å². The van der Waals surface area contributed by atoms with Gasteiger partial charge in [0, 0.05) is 5.56 Å². The number of amides is 3. The molecule has 0 heterocycles. The first-order chi connectivity index (χ1) is 8.40. The van der Waals surface area contributed by atoms with Crippen molar-refractivity contribution < 1.29 is 23.8 Å². The molecule has 1 aromatic carbocycles. The monoisotopic (exact) mass is 256 g/mol. The Morgan fingerprint density at radius 1 is 1.56 bits per heavy atom. The molecule has 0 aliphatic carbocycles. The molecule has 0 unspecified atom stereocenters. The molecule has 1 rings (SSSR count). The lowest BCUT2D eigenvalue weighted by molar-refractivity contribution is -0.121. The number of halogens is 1. The average Bonchev–Trinajstić information content (AvgIpc) is 2.26. The molecular weight excluding hydrogens is 243 g/mol. The molecule has 0 aliphatic heterocycles. The number of aliphatic hydroxyl groups is 1. The number of primary amides is 1. The van der Waals surface area contributed by atoms with Gasteiger partial charge in [-0.05, 0) is 25.1 Å². The van der Waals surface area contributed by atoms with Gasteiger partial charge in [-0.2, -0.15) is 0 Å². The van der Waals surface area contributed by atoms with Gasteiger partial charge >= 0.3 is 6.03 Å². The highest BCUT2D eigenvalue weighted by Crippen LogP contribution is 2.25. The van der Waals surface area contributed by atoms with Crippen LogP contribution in [0.5, 0.6) is 5.75 Å². The number of ether oxygens (including phenoxy) is 1. The Kier molecular flexibility index (Phi) is 4.61. The molecule has 0 radical (unpaired) electrons. The van der Waals surface area contributed by atoms with Gasteiger partial charge in [-0.3, -0.25) is 10.1 Å². The molecule has 6 nitrogen and oxygen atoms in total. The summed E-state index contributed by atoms with van der Waals surface area (Å²) in [6.45, 7) is 0.972. The highest BCUT2D eigenvalue weighted by atomic mass is 19.1. The third kappa shape index (κ3) is 4.02. The second kappa shape index (κ2) is 5.97. The van der Waals surface area contributed by atoms with Gasteiger partial charge < -0.3 is 15.6 Å². The Morgan fingerprint density at radius 2 is 2.22 bits per heavy atom. The molecule has 7 heteroatoms. The molecule has 3 amide bonds. The number of urea groups is 1. The van der Waals surface area contributed by atoms with Crippen LogP contribution in [0.4, 0.5) is 9.18 Å². The molecule has 0 saturated heterocycles. The number of nitrogens with one attached hydrogen (secondary N) is 1. The van der Waals surface area contributed by atoms with E-state index in [0.717, 1.165) is 12.1 Å². The summed E-state index contributed by atoms with van der Waals surface area (Å²) in [5, 5.41) is 11.2. The van der Waals surface area contributed by atoms with Gasteiger partial charge in [0.2, 0.25) is 0 Å². The first kappa shape index (κ1) is 13.9. The molecule has 1 atom stereocenters. The van der Waals surface area contributed by atoms with Crippen LogP contribution in [0.25, 0.3) is 0 Å². The van der Waals surface area contributed by atoms with Gasteiger partial charge in [-0.25, -0.2) is 9.18 Å². The van der Waals surface area contributed by atoms with E-state index in [1.54, 1.807) is 0 Å². The minimum Gasteiger partial charge on any atom is -0.483 e. The fourth-order valence-electron chi connectivity index (χ4n) is 1.29. The van der Waals surface area contributed by atoms with Gasteiger partial charge in [0.25, 0.3) is 5.91 Å². The zero-order chi connectivity index (χ0) is 13.7. The predicted octanol–water partition coefficient (Wildman–Crippen LogP) is 0.453. The number of carbonyl (C=O) groups excluding carboxylic acids is 2. The fourth-order valence-corrected chi connectivity index (χ4v) is 1.29. The van der Waals surface area contributed by atoms with E-state index < -0.39 is 30.5 Å². The third-order valence-corrected chi connectivity index (χ3v) is 2.04. The first-order valence-electron chi connectivity index (χ1n) is 5.09. The average molecular weight is 256 g/mol. The molecule has 98 valence electrons. The highest BCUT2D eigenvalue weighted by Gasteiger charge is 2.12. The lowest BCUT2D eigenvalue weighted by Gasteiger charge is -2.13. The quantitative estimate of drug-likeness (QED) is 0.728. The van der Waals surface area contributed by atoms with Gasteiger partial charge in [-0.15, -0.1) is 0 Å². The van der Waals surface area contributed by atoms with Gasteiger partial charge in [0.1, 0.15) is 11.6 Å². The van der Waals surface area contributed by atoms with Crippen molar-refractivity contribution in [3.63, 3.8) is 0 Å². The Hall–Kier alpha value is -2.15. The maximum atomic E-state index is 13.0. The van der Waals surface area contributed by atoms with E-state index in [-0.39, 0.29) is 11.3 Å². The summed E-state index contributed by atoms with van der Waals surface area (Å²) in [4.78, 5) is 21.5. The number of imide groups is 1. The fraction of sp³-hybridized carbons (Fsp3) is 0.273. The van der Waals surface area contributed by atoms with Crippen LogP contribution in [0, 0.1) is 5.82 Å². The molecular formula is C11H13FN2O4. The van der Waals surface area contributed by atoms with Crippen molar-refractivity contribution in [3.05, 3.63) is 29.6 Å². The van der Waals surface area contributed by atoms with Crippen LogP contribution in [0.3, 0.4) is 0 Å². The Bertz CT molecular complexity index is 462. The molecule has 18 heavy (non-hydrogen) atoms. The largest absolute Gasteiger partial charge is 0.483 e. The third-order valence-electron chi connectivity index (χ3n) is 2.04. The second-order valence-corrected chi connectivity index (χ2v) is 3.56. The van der Waals surface area contributed by atoms with E-state index in [9.17, 15) is 19.1 Å². The SMILES string of the molecule is C[C@H](O)c1cc(F)ccc1OCC(=O)NC(N)=O. The Morgan fingerprint density at radius 3 is 2.78 bits per heavy atom. The van der Waals surface area contributed by atoms with Crippen molar-refractivity contribution in [2.75, 3.05) is 6.61 Å². The van der Waals surface area contributed by atoms with Crippen LogP contribution in [-0.2, 0) is 4.79 Å². The molecule has 0 bridgehead atoms. The number of carbonyl (C=O) groups is 2. The van der Waals surface area contributed by atoms with Crippen LogP contribution in [-0.4, -0.2) is 23.7 Å². The minimum atomic E-state index is -0.988. The summed E-state index contributed by atoms with van der Waals surface area (Å²) in [6, 6.07) is 2.53. The number of hydrogen-bond donors (Lipinski definition) is 3. The van der Waals surface area contributed by atoms with Crippen molar-refractivity contribution >= 4 is 11.9 Å². The molecule has 0 aliphatic rings. The van der Waals surface area contributed by atoms with Crippen molar-refractivity contribution in [1.82, 2.24) is 5.32 Å². The lowest BCUT2D eigenvalue weighted by Crippen LogP contribution is -2.38. The van der Waals surface area contributed by atoms with Gasteiger partial charge in [0.15, 0.2) is 6.61 Å². The summed E-state index contributed by atoms with van der Waals surface area (Å²) in [6.07, 6.45) is -0.949. The van der Waals surface area contributed by atoms with Crippen LogP contribution < -0.4 is 15.8 Å². The second-order valence-electron chi connectivity index (χ2n) is 3.56. The van der Waals surface area contributed by atoms with E-state index in [1.807, 2.05) is 5.32 Å². The highest BCUT2D eigenvalue weighted by molar-refractivity contribution is 5.94. The molecule has 0 saturated carbocycles. The molecule has 1 aromatic rings. The molecule has 0 spiro atoms. The van der Waals surface area contributed by atoms with Crippen molar-refractivity contribution in [2.24, 2.45) is 5.73 Å². The zero-order valence-electron chi connectivity index (χ0n) is 9.64. The first-order valence-corrected chi connectivity index (χ1v) is 5.09. The molecule has 0 aromatic heterocycles. The standard InChI is InChI=1S/C11H13FN2O4/c1-6(15)8-4-7(12)2-3-9(8)18-5-10(16)14-11(13)17/h2-4,6,15H,5H2,1H3,(H3,13,14,16,17)/t6-/m0/s1. The summed E-state index contributed by atoms with van der Waals surface area (Å²) in [5.41, 5.74) is 4.95. The van der Waals surface area contributed by atoms with Crippen molar-refractivity contribution in [3.8, 4) is 5.75 Å². The smallest absolute Gasteiger partial charge is 0.318 e. The summed E-state index contributed by atoms with van der Waals surface area (Å²) < 4.78 is 18.0. The minimum absolute atomic E-state index is 0.158. The number of nitrogens with two attached hydrogens (primary N) is 1. The van der Waals surface area contributed by atoms with E-state index in [0.29, 0.717) is 0 Å². The van der Waals surface area contributed by atoms with Crippen LogP contribution in [0.15, 0.2) is 18.2 Å². The number of rotatable bonds is 4. The zero-order valence-corrected chi connectivity index (χ0v) is 9.64. The summed E-state index contributed by atoms with van der Waals surface area (Å²) >= 11 is 0. The van der Waals surface area contributed by atoms with Crippen molar-refractivity contribution in [1.29, 1.82) is 0 Å². The number of hydrogen-bond acceptors (Lipinski definition) is 4. The Balaban J connectivity index is 2.72. The van der Waals surface area contributed by atoms with Crippen LogP contribution in [0.2, 0.25) is 0 Å². The summed E-state index contributed by atoms with van der Waals surface area (Å²) in [5.74, 6) is -1.10. The van der Waals surface area contributed by atoms with E-state index >= 15 is 0 Å². The normalized spacial score (nSPS) is 11.7.